The molecule has 0 spiro atoms. The summed E-state index contributed by atoms with van der Waals surface area (Å²) in [6.07, 6.45) is 6.67. The van der Waals surface area contributed by atoms with Crippen molar-refractivity contribution in [3.05, 3.63) is 52.2 Å². The fourth-order valence-electron chi connectivity index (χ4n) is 3.09. The molecule has 1 heterocycles. The van der Waals surface area contributed by atoms with E-state index in [1.165, 1.54) is 18.4 Å². The molecule has 0 amide bonds. The van der Waals surface area contributed by atoms with Crippen LogP contribution in [0.25, 0.3) is 11.3 Å². The second kappa shape index (κ2) is 6.28. The molecule has 2 aromatic rings. The van der Waals surface area contributed by atoms with Gasteiger partial charge in [-0.3, -0.25) is 0 Å². The van der Waals surface area contributed by atoms with E-state index >= 15 is 0 Å². The van der Waals surface area contributed by atoms with E-state index in [2.05, 4.69) is 23.2 Å². The molecular weight excluding hydrogens is 280 g/mol. The largest absolute Gasteiger partial charge is 0.234 e. The van der Waals surface area contributed by atoms with E-state index in [0.29, 0.717) is 10.7 Å². The van der Waals surface area contributed by atoms with E-state index in [0.717, 1.165) is 42.5 Å². The Balaban J connectivity index is 2.23. The van der Waals surface area contributed by atoms with E-state index in [1.807, 2.05) is 18.2 Å². The predicted octanol–water partition coefficient (Wildman–Crippen LogP) is 4.93. The third kappa shape index (κ3) is 2.80. The number of benzene rings is 1. The Labute approximate surface area is 130 Å². The quantitative estimate of drug-likeness (QED) is 0.699. The van der Waals surface area contributed by atoms with Crippen molar-refractivity contribution in [3.8, 4) is 17.3 Å². The molecule has 0 N–H and O–H groups in total. The topological polar surface area (TPSA) is 36.7 Å². The molecule has 3 rings (SSSR count). The van der Waals surface area contributed by atoms with Crippen LogP contribution in [0, 0.1) is 11.3 Å². The Morgan fingerprint density at radius 3 is 2.29 bits per heavy atom. The molecular formula is C18H17ClN2. The van der Waals surface area contributed by atoms with E-state index < -0.39 is 0 Å². The van der Waals surface area contributed by atoms with E-state index in [9.17, 15) is 5.26 Å². The zero-order chi connectivity index (χ0) is 14.7. The molecule has 0 saturated carbocycles. The molecule has 1 aliphatic rings. The van der Waals surface area contributed by atoms with Crippen LogP contribution in [0.4, 0.5) is 0 Å². The monoisotopic (exact) mass is 296 g/mol. The van der Waals surface area contributed by atoms with Crippen molar-refractivity contribution in [3.63, 3.8) is 0 Å². The summed E-state index contributed by atoms with van der Waals surface area (Å²) in [7, 11) is 0. The molecule has 0 unspecified atom stereocenters. The first-order chi connectivity index (χ1) is 10.3. The molecule has 0 bridgehead atoms. The number of rotatable bonds is 1. The summed E-state index contributed by atoms with van der Waals surface area (Å²) < 4.78 is 0. The summed E-state index contributed by atoms with van der Waals surface area (Å²) in [6, 6.07) is 12.4. The van der Waals surface area contributed by atoms with Crippen LogP contribution >= 0.6 is 11.6 Å². The number of nitriles is 1. The van der Waals surface area contributed by atoms with Crippen molar-refractivity contribution in [2.45, 2.75) is 38.5 Å². The van der Waals surface area contributed by atoms with Crippen molar-refractivity contribution in [1.82, 2.24) is 4.98 Å². The summed E-state index contributed by atoms with van der Waals surface area (Å²) >= 11 is 6.28. The molecule has 0 radical (unpaired) electrons. The van der Waals surface area contributed by atoms with Gasteiger partial charge in [0.25, 0.3) is 0 Å². The van der Waals surface area contributed by atoms with Crippen LogP contribution in [-0.4, -0.2) is 4.98 Å². The van der Waals surface area contributed by atoms with Crippen molar-refractivity contribution in [2.75, 3.05) is 0 Å². The highest BCUT2D eigenvalue weighted by molar-refractivity contribution is 6.30. The minimum absolute atomic E-state index is 0.343. The van der Waals surface area contributed by atoms with Gasteiger partial charge in [0.2, 0.25) is 0 Å². The van der Waals surface area contributed by atoms with Gasteiger partial charge in [-0.05, 0) is 36.8 Å². The number of hydrogen-bond acceptors (Lipinski definition) is 2. The van der Waals surface area contributed by atoms with Crippen LogP contribution in [0.1, 0.15) is 42.4 Å². The van der Waals surface area contributed by atoms with Crippen LogP contribution in [0.15, 0.2) is 30.3 Å². The van der Waals surface area contributed by atoms with E-state index in [4.69, 9.17) is 11.6 Å². The second-order valence-corrected chi connectivity index (χ2v) is 5.83. The van der Waals surface area contributed by atoms with Crippen molar-refractivity contribution in [1.29, 1.82) is 5.26 Å². The molecule has 1 aliphatic carbocycles. The molecule has 0 aliphatic heterocycles. The zero-order valence-corrected chi connectivity index (χ0v) is 12.7. The lowest BCUT2D eigenvalue weighted by Crippen LogP contribution is -2.07. The van der Waals surface area contributed by atoms with Gasteiger partial charge in [-0.15, -0.1) is 0 Å². The lowest BCUT2D eigenvalue weighted by molar-refractivity contribution is 0.615. The van der Waals surface area contributed by atoms with Gasteiger partial charge in [0.15, 0.2) is 0 Å². The molecule has 1 aromatic heterocycles. The molecule has 0 saturated heterocycles. The maximum Gasteiger partial charge on any atom is 0.147 e. The maximum atomic E-state index is 9.42. The summed E-state index contributed by atoms with van der Waals surface area (Å²) in [5, 5.41) is 9.77. The predicted molar refractivity (Wildman–Crippen MR) is 85.3 cm³/mol. The number of halogens is 1. The summed E-state index contributed by atoms with van der Waals surface area (Å²) in [6.45, 7) is 0. The Kier molecular flexibility index (Phi) is 4.22. The highest BCUT2D eigenvalue weighted by atomic mass is 35.5. The lowest BCUT2D eigenvalue weighted by Gasteiger charge is -2.19. The first-order valence-electron chi connectivity index (χ1n) is 7.48. The number of fused-ring (bicyclic) bond motifs is 1. The van der Waals surface area contributed by atoms with Crippen molar-refractivity contribution >= 4 is 11.6 Å². The minimum atomic E-state index is 0.343. The normalized spacial score (nSPS) is 14.7. The van der Waals surface area contributed by atoms with Crippen molar-refractivity contribution < 1.29 is 0 Å². The summed E-state index contributed by atoms with van der Waals surface area (Å²) in [5.74, 6) is 0. The van der Waals surface area contributed by atoms with Crippen LogP contribution in [-0.2, 0) is 12.8 Å². The third-order valence-electron chi connectivity index (χ3n) is 4.13. The van der Waals surface area contributed by atoms with Crippen LogP contribution in [0.2, 0.25) is 5.15 Å². The highest BCUT2D eigenvalue weighted by Gasteiger charge is 2.20. The zero-order valence-electron chi connectivity index (χ0n) is 11.9. The highest BCUT2D eigenvalue weighted by Crippen LogP contribution is 2.33. The van der Waals surface area contributed by atoms with Gasteiger partial charge in [0.1, 0.15) is 11.2 Å². The van der Waals surface area contributed by atoms with Gasteiger partial charge in [-0.25, -0.2) is 4.98 Å². The molecule has 1 aromatic carbocycles. The van der Waals surface area contributed by atoms with Crippen LogP contribution < -0.4 is 0 Å². The Hall–Kier alpha value is -1.85. The van der Waals surface area contributed by atoms with Gasteiger partial charge in [-0.1, -0.05) is 54.8 Å². The Morgan fingerprint density at radius 1 is 0.952 bits per heavy atom. The third-order valence-corrected chi connectivity index (χ3v) is 4.40. The lowest BCUT2D eigenvalue weighted by atomic mass is 9.88. The number of nitrogens with zero attached hydrogens (tertiary/aromatic N) is 2. The van der Waals surface area contributed by atoms with Crippen LogP contribution in [0.5, 0.6) is 0 Å². The Bertz CT molecular complexity index is 687. The summed E-state index contributed by atoms with van der Waals surface area (Å²) in [5.41, 5.74) is 4.96. The molecule has 2 nitrogen and oxygen atoms in total. The summed E-state index contributed by atoms with van der Waals surface area (Å²) in [4.78, 5) is 4.54. The smallest absolute Gasteiger partial charge is 0.147 e. The average molecular weight is 297 g/mol. The number of aromatic nitrogens is 1. The first kappa shape index (κ1) is 14.1. The molecule has 106 valence electrons. The molecule has 21 heavy (non-hydrogen) atoms. The SMILES string of the molecule is N#Cc1c(Cl)nc(-c2ccccc2)c2c1CCCCCC2. The average Bonchev–Trinajstić information content (AvgIpc) is 2.49. The van der Waals surface area contributed by atoms with Gasteiger partial charge in [0.05, 0.1) is 11.3 Å². The Morgan fingerprint density at radius 2 is 1.62 bits per heavy atom. The van der Waals surface area contributed by atoms with Crippen molar-refractivity contribution in [2.24, 2.45) is 0 Å². The van der Waals surface area contributed by atoms with Gasteiger partial charge in [-0.2, -0.15) is 5.26 Å². The van der Waals surface area contributed by atoms with E-state index in [1.54, 1.807) is 0 Å². The van der Waals surface area contributed by atoms with Gasteiger partial charge in [0, 0.05) is 5.56 Å². The second-order valence-electron chi connectivity index (χ2n) is 5.48. The number of hydrogen-bond donors (Lipinski definition) is 0. The maximum absolute atomic E-state index is 9.42. The standard InChI is InChI=1S/C18H17ClN2/c19-18-16(12-20)14-10-6-1-2-7-11-15(14)17(21-18)13-8-4-3-5-9-13/h3-5,8-9H,1-2,6-7,10-11H2. The van der Waals surface area contributed by atoms with E-state index in [-0.39, 0.29) is 0 Å². The van der Waals surface area contributed by atoms with Gasteiger partial charge >= 0.3 is 0 Å². The molecule has 3 heteroatoms. The molecule has 0 fully saturated rings. The molecule has 0 atom stereocenters. The van der Waals surface area contributed by atoms with Crippen LogP contribution in [0.3, 0.4) is 0 Å². The van der Waals surface area contributed by atoms with Gasteiger partial charge < -0.3 is 0 Å². The fraction of sp³-hybridized carbons (Fsp3) is 0.333. The minimum Gasteiger partial charge on any atom is -0.234 e. The number of pyridine rings is 1. The first-order valence-corrected chi connectivity index (χ1v) is 7.86. The fourth-order valence-corrected chi connectivity index (χ4v) is 3.33.